The number of nitrogens with one attached hydrogen (secondary N) is 1. The summed E-state index contributed by atoms with van der Waals surface area (Å²) in [4.78, 5) is 28.4. The fourth-order valence-electron chi connectivity index (χ4n) is 1.74. The Balaban J connectivity index is 1.76. The summed E-state index contributed by atoms with van der Waals surface area (Å²) in [6.45, 7) is 3.84. The summed E-state index contributed by atoms with van der Waals surface area (Å²) in [6, 6.07) is 1.83. The maximum atomic E-state index is 11.9. The maximum absolute atomic E-state index is 11.9. The lowest BCUT2D eigenvalue weighted by Gasteiger charge is -2.12. The van der Waals surface area contributed by atoms with Gasteiger partial charge >= 0.3 is 0 Å². The average molecular weight is 303 g/mol. The molecule has 0 aliphatic heterocycles. The molecule has 6 nitrogen and oxygen atoms in total. The van der Waals surface area contributed by atoms with E-state index in [1.165, 1.54) is 11.8 Å². The highest BCUT2D eigenvalue weighted by molar-refractivity contribution is 7.99. The Kier molecular flexibility index (Phi) is 5.62. The van der Waals surface area contributed by atoms with E-state index in [2.05, 4.69) is 25.3 Å². The summed E-state index contributed by atoms with van der Waals surface area (Å²) in [5.74, 6) is 0.260. The molecule has 2 aromatic heterocycles. The number of carbonyl (C=O) groups excluding carboxylic acids is 1. The second-order valence-corrected chi connectivity index (χ2v) is 5.58. The van der Waals surface area contributed by atoms with Crippen molar-refractivity contribution in [2.75, 3.05) is 5.75 Å². The summed E-state index contributed by atoms with van der Waals surface area (Å²) < 4.78 is 0. The zero-order valence-electron chi connectivity index (χ0n) is 12.0. The topological polar surface area (TPSA) is 80.7 Å². The van der Waals surface area contributed by atoms with Gasteiger partial charge in [0.15, 0.2) is 5.16 Å². The summed E-state index contributed by atoms with van der Waals surface area (Å²) in [7, 11) is 0. The van der Waals surface area contributed by atoms with E-state index in [-0.39, 0.29) is 11.9 Å². The second kappa shape index (κ2) is 7.68. The van der Waals surface area contributed by atoms with Gasteiger partial charge in [-0.1, -0.05) is 11.8 Å². The number of aromatic nitrogens is 4. The Hall–Kier alpha value is -2.02. The second-order valence-electron chi connectivity index (χ2n) is 4.64. The first kappa shape index (κ1) is 15.4. The third kappa shape index (κ3) is 5.47. The summed E-state index contributed by atoms with van der Waals surface area (Å²) >= 11 is 1.33. The van der Waals surface area contributed by atoms with Crippen LogP contribution in [0.1, 0.15) is 18.3 Å². The molecule has 0 saturated heterocycles. The first-order chi connectivity index (χ1) is 10.1. The standard InChI is InChI=1S/C14H17N5OS/c1-10-3-4-17-14(19-10)21-9-13(20)18-11(2)7-12-8-15-5-6-16-12/h3-6,8,11H,7,9H2,1-2H3,(H,18,20)/t11-/m1/s1. The van der Waals surface area contributed by atoms with Crippen LogP contribution in [0.5, 0.6) is 0 Å². The minimum absolute atomic E-state index is 0.00762. The zero-order chi connectivity index (χ0) is 15.1. The highest BCUT2D eigenvalue weighted by Gasteiger charge is 2.10. The van der Waals surface area contributed by atoms with E-state index >= 15 is 0 Å². The first-order valence-electron chi connectivity index (χ1n) is 6.60. The number of thioether (sulfide) groups is 1. The Morgan fingerprint density at radius 3 is 2.90 bits per heavy atom. The fourth-order valence-corrected chi connectivity index (χ4v) is 2.43. The lowest BCUT2D eigenvalue weighted by molar-refractivity contribution is -0.119. The van der Waals surface area contributed by atoms with E-state index in [1.54, 1.807) is 24.8 Å². The van der Waals surface area contributed by atoms with Crippen LogP contribution < -0.4 is 5.32 Å². The number of carbonyl (C=O) groups is 1. The van der Waals surface area contributed by atoms with Crippen molar-refractivity contribution in [3.63, 3.8) is 0 Å². The van der Waals surface area contributed by atoms with Gasteiger partial charge in [0.1, 0.15) is 0 Å². The van der Waals surface area contributed by atoms with E-state index in [9.17, 15) is 4.79 Å². The fraction of sp³-hybridized carbons (Fsp3) is 0.357. The van der Waals surface area contributed by atoms with E-state index in [1.807, 2.05) is 19.9 Å². The molecule has 0 aliphatic rings. The van der Waals surface area contributed by atoms with Gasteiger partial charge in [-0.3, -0.25) is 14.8 Å². The molecular formula is C14H17N5OS. The third-order valence-corrected chi connectivity index (χ3v) is 3.51. The number of aryl methyl sites for hydroxylation is 1. The maximum Gasteiger partial charge on any atom is 0.230 e. The third-order valence-electron chi connectivity index (χ3n) is 2.64. The largest absolute Gasteiger partial charge is 0.353 e. The van der Waals surface area contributed by atoms with Crippen molar-refractivity contribution in [2.45, 2.75) is 31.5 Å². The number of hydrogen-bond acceptors (Lipinski definition) is 6. The van der Waals surface area contributed by atoms with E-state index in [0.29, 0.717) is 17.3 Å². The molecule has 0 saturated carbocycles. The van der Waals surface area contributed by atoms with Crippen molar-refractivity contribution >= 4 is 17.7 Å². The Bertz CT molecular complexity index is 593. The molecule has 110 valence electrons. The molecule has 0 spiro atoms. The van der Waals surface area contributed by atoms with Gasteiger partial charge in [-0.25, -0.2) is 9.97 Å². The molecule has 7 heteroatoms. The summed E-state index contributed by atoms with van der Waals surface area (Å²) in [5.41, 5.74) is 1.75. The molecule has 1 N–H and O–H groups in total. The van der Waals surface area contributed by atoms with Crippen molar-refractivity contribution in [1.29, 1.82) is 0 Å². The Morgan fingerprint density at radius 2 is 2.19 bits per heavy atom. The van der Waals surface area contributed by atoms with Crippen LogP contribution in [0.4, 0.5) is 0 Å². The van der Waals surface area contributed by atoms with Gasteiger partial charge in [-0.05, 0) is 19.9 Å². The van der Waals surface area contributed by atoms with Crippen LogP contribution in [0.15, 0.2) is 36.0 Å². The van der Waals surface area contributed by atoms with Gasteiger partial charge < -0.3 is 5.32 Å². The lowest BCUT2D eigenvalue weighted by Crippen LogP contribution is -2.35. The van der Waals surface area contributed by atoms with Gasteiger partial charge in [0, 0.05) is 42.9 Å². The van der Waals surface area contributed by atoms with Gasteiger partial charge in [-0.2, -0.15) is 0 Å². The molecule has 0 radical (unpaired) electrons. The zero-order valence-corrected chi connectivity index (χ0v) is 12.8. The van der Waals surface area contributed by atoms with Crippen molar-refractivity contribution in [2.24, 2.45) is 0 Å². The molecule has 1 atom stereocenters. The highest BCUT2D eigenvalue weighted by atomic mass is 32.2. The van der Waals surface area contributed by atoms with Gasteiger partial charge in [-0.15, -0.1) is 0 Å². The van der Waals surface area contributed by atoms with E-state index < -0.39 is 0 Å². The molecule has 21 heavy (non-hydrogen) atoms. The molecular weight excluding hydrogens is 286 g/mol. The minimum Gasteiger partial charge on any atom is -0.353 e. The van der Waals surface area contributed by atoms with Gasteiger partial charge in [0.25, 0.3) is 0 Å². The molecule has 0 aliphatic carbocycles. The van der Waals surface area contributed by atoms with Crippen LogP contribution in [0, 0.1) is 6.92 Å². The molecule has 0 unspecified atom stereocenters. The normalized spacial score (nSPS) is 11.9. The molecule has 2 rings (SSSR count). The van der Waals surface area contributed by atoms with Crippen molar-refractivity contribution in [3.8, 4) is 0 Å². The number of hydrogen-bond donors (Lipinski definition) is 1. The van der Waals surface area contributed by atoms with Crippen LogP contribution in [-0.4, -0.2) is 37.6 Å². The summed E-state index contributed by atoms with van der Waals surface area (Å²) in [5, 5.41) is 3.55. The van der Waals surface area contributed by atoms with Crippen molar-refractivity contribution in [3.05, 3.63) is 42.2 Å². The predicted octanol–water partition coefficient (Wildman–Crippen LogP) is 1.41. The van der Waals surface area contributed by atoms with Crippen LogP contribution in [0.2, 0.25) is 0 Å². The molecule has 0 aromatic carbocycles. The number of nitrogens with zero attached hydrogens (tertiary/aromatic N) is 4. The van der Waals surface area contributed by atoms with Gasteiger partial charge in [0.05, 0.1) is 11.4 Å². The smallest absolute Gasteiger partial charge is 0.230 e. The van der Waals surface area contributed by atoms with Crippen molar-refractivity contribution in [1.82, 2.24) is 25.3 Å². The molecule has 0 bridgehead atoms. The number of rotatable bonds is 6. The van der Waals surface area contributed by atoms with E-state index in [4.69, 9.17) is 0 Å². The Labute approximate surface area is 127 Å². The summed E-state index contributed by atoms with van der Waals surface area (Å²) in [6.07, 6.45) is 7.34. The Morgan fingerprint density at radius 1 is 1.33 bits per heavy atom. The van der Waals surface area contributed by atoms with Crippen LogP contribution in [0.3, 0.4) is 0 Å². The van der Waals surface area contributed by atoms with E-state index in [0.717, 1.165) is 11.4 Å². The van der Waals surface area contributed by atoms with Crippen molar-refractivity contribution < 1.29 is 4.79 Å². The predicted molar refractivity (Wildman–Crippen MR) is 80.8 cm³/mol. The quantitative estimate of drug-likeness (QED) is 0.642. The molecule has 1 amide bonds. The van der Waals surface area contributed by atoms with Gasteiger partial charge in [0.2, 0.25) is 5.91 Å². The van der Waals surface area contributed by atoms with Crippen LogP contribution >= 0.6 is 11.8 Å². The molecule has 2 aromatic rings. The monoisotopic (exact) mass is 303 g/mol. The molecule has 0 fully saturated rings. The lowest BCUT2D eigenvalue weighted by atomic mass is 10.2. The van der Waals surface area contributed by atoms with Crippen LogP contribution in [-0.2, 0) is 11.2 Å². The number of amides is 1. The average Bonchev–Trinajstić information content (AvgIpc) is 2.46. The first-order valence-corrected chi connectivity index (χ1v) is 7.59. The minimum atomic E-state index is -0.0403. The van der Waals surface area contributed by atoms with Crippen LogP contribution in [0.25, 0.3) is 0 Å². The molecule has 2 heterocycles. The highest BCUT2D eigenvalue weighted by Crippen LogP contribution is 2.11. The SMILES string of the molecule is Cc1ccnc(SCC(=O)N[C@H](C)Cc2cnccn2)n1.